The highest BCUT2D eigenvalue weighted by Crippen LogP contribution is 2.37. The van der Waals surface area contributed by atoms with E-state index in [9.17, 15) is 0 Å². The summed E-state index contributed by atoms with van der Waals surface area (Å²) in [7, 11) is 0. The van der Waals surface area contributed by atoms with Crippen LogP contribution in [-0.2, 0) is 10.8 Å². The first-order chi connectivity index (χ1) is 6.64. The van der Waals surface area contributed by atoms with E-state index in [4.69, 9.17) is 0 Å². The lowest BCUT2D eigenvalue weighted by Gasteiger charge is -2.31. The van der Waals surface area contributed by atoms with Crippen LogP contribution in [0, 0.1) is 0 Å². The average molecular weight is 222 g/mol. The summed E-state index contributed by atoms with van der Waals surface area (Å²) in [5, 5.41) is 0. The third kappa shape index (κ3) is 2.78. The maximum atomic E-state index is 4.59. The third-order valence-electron chi connectivity index (χ3n) is 2.60. The molecule has 1 aromatic carbocycles. The molecular weight excluding hydrogens is 200 g/mol. The van der Waals surface area contributed by atoms with E-state index >= 15 is 0 Å². The van der Waals surface area contributed by atoms with Gasteiger partial charge in [-0.15, -0.1) is 12.6 Å². The molecule has 0 saturated carbocycles. The predicted octanol–water partition coefficient (Wildman–Crippen LogP) is 4.57. The number of hydrogen-bond donors (Lipinski definition) is 1. The van der Waals surface area contributed by atoms with Gasteiger partial charge in [0.05, 0.1) is 0 Å². The van der Waals surface area contributed by atoms with Crippen molar-refractivity contribution in [1.82, 2.24) is 0 Å². The van der Waals surface area contributed by atoms with Gasteiger partial charge >= 0.3 is 0 Å². The van der Waals surface area contributed by atoms with Gasteiger partial charge in [0.1, 0.15) is 0 Å². The van der Waals surface area contributed by atoms with Crippen LogP contribution in [0.1, 0.15) is 52.7 Å². The quantitative estimate of drug-likeness (QED) is 0.611. The van der Waals surface area contributed by atoms with Crippen molar-refractivity contribution in [2.24, 2.45) is 0 Å². The van der Waals surface area contributed by atoms with Crippen LogP contribution in [0.25, 0.3) is 0 Å². The van der Waals surface area contributed by atoms with Gasteiger partial charge in [0.2, 0.25) is 0 Å². The predicted molar refractivity (Wildman–Crippen MR) is 71.1 cm³/mol. The van der Waals surface area contributed by atoms with Gasteiger partial charge < -0.3 is 0 Å². The van der Waals surface area contributed by atoms with Crippen LogP contribution in [0.5, 0.6) is 0 Å². The van der Waals surface area contributed by atoms with Gasteiger partial charge in [-0.1, -0.05) is 53.7 Å². The molecule has 0 N–H and O–H groups in total. The van der Waals surface area contributed by atoms with Crippen molar-refractivity contribution in [3.05, 3.63) is 29.3 Å². The molecule has 0 nitrogen and oxygen atoms in total. The molecule has 15 heavy (non-hydrogen) atoms. The van der Waals surface area contributed by atoms with Crippen molar-refractivity contribution >= 4 is 12.6 Å². The van der Waals surface area contributed by atoms with Gasteiger partial charge in [-0.25, -0.2) is 0 Å². The van der Waals surface area contributed by atoms with Crippen LogP contribution in [0.15, 0.2) is 23.1 Å². The first-order valence-corrected chi connectivity index (χ1v) is 5.91. The van der Waals surface area contributed by atoms with Crippen LogP contribution in [0.2, 0.25) is 0 Å². The molecule has 0 bridgehead atoms. The van der Waals surface area contributed by atoms with Crippen LogP contribution in [0.3, 0.4) is 0 Å². The van der Waals surface area contributed by atoms with Crippen LogP contribution < -0.4 is 0 Å². The van der Waals surface area contributed by atoms with Crippen molar-refractivity contribution < 1.29 is 0 Å². The molecule has 1 aromatic rings. The Hall–Kier alpha value is -0.430. The highest BCUT2D eigenvalue weighted by Gasteiger charge is 2.26. The van der Waals surface area contributed by atoms with E-state index in [1.807, 2.05) is 0 Å². The second-order valence-corrected chi connectivity index (χ2v) is 6.68. The maximum absolute atomic E-state index is 4.59. The fourth-order valence-corrected chi connectivity index (χ4v) is 2.50. The van der Waals surface area contributed by atoms with Gasteiger partial charge in [0.25, 0.3) is 0 Å². The minimum absolute atomic E-state index is 0.154. The summed E-state index contributed by atoms with van der Waals surface area (Å²) < 4.78 is 0. The Morgan fingerprint density at radius 3 is 1.73 bits per heavy atom. The lowest BCUT2D eigenvalue weighted by molar-refractivity contribution is 0.521. The summed E-state index contributed by atoms with van der Waals surface area (Å²) in [6, 6.07) is 6.40. The Morgan fingerprint density at radius 1 is 0.867 bits per heavy atom. The zero-order valence-electron chi connectivity index (χ0n) is 10.7. The van der Waals surface area contributed by atoms with Crippen molar-refractivity contribution in [3.8, 4) is 0 Å². The second kappa shape index (κ2) is 3.86. The largest absolute Gasteiger partial charge is 0.143 e. The minimum Gasteiger partial charge on any atom is -0.143 e. The van der Waals surface area contributed by atoms with Crippen molar-refractivity contribution in [2.45, 2.75) is 57.3 Å². The lowest BCUT2D eigenvalue weighted by atomic mass is 9.75. The van der Waals surface area contributed by atoms with Gasteiger partial charge in [-0.3, -0.25) is 0 Å². The maximum Gasteiger partial charge on any atom is 0.00803 e. The van der Waals surface area contributed by atoms with Gasteiger partial charge in [-0.2, -0.15) is 0 Å². The Labute approximate surface area is 99.5 Å². The Balaban J connectivity index is 3.48. The number of rotatable bonds is 0. The van der Waals surface area contributed by atoms with Crippen LogP contribution >= 0.6 is 12.6 Å². The molecular formula is C14H22S. The van der Waals surface area contributed by atoms with E-state index < -0.39 is 0 Å². The molecule has 0 unspecified atom stereocenters. The monoisotopic (exact) mass is 222 g/mol. The molecule has 0 saturated heterocycles. The Bertz CT molecular complexity index is 351. The zero-order valence-corrected chi connectivity index (χ0v) is 11.6. The average Bonchev–Trinajstić information content (AvgIpc) is 1.99. The molecule has 0 aliphatic carbocycles. The summed E-state index contributed by atoms with van der Waals surface area (Å²) in [6.45, 7) is 13.5. The topological polar surface area (TPSA) is 0 Å². The van der Waals surface area contributed by atoms with Crippen LogP contribution in [0.4, 0.5) is 0 Å². The van der Waals surface area contributed by atoms with E-state index in [0.29, 0.717) is 0 Å². The van der Waals surface area contributed by atoms with Gasteiger partial charge in [-0.05, 0) is 28.0 Å². The Kier molecular flexibility index (Phi) is 3.25. The molecule has 0 fully saturated rings. The van der Waals surface area contributed by atoms with E-state index in [0.717, 1.165) is 4.90 Å². The first kappa shape index (κ1) is 12.6. The van der Waals surface area contributed by atoms with Crippen LogP contribution in [-0.4, -0.2) is 0 Å². The van der Waals surface area contributed by atoms with E-state index in [-0.39, 0.29) is 10.8 Å². The fraction of sp³-hybridized carbons (Fsp3) is 0.571. The molecule has 0 aliphatic heterocycles. The minimum atomic E-state index is 0.154. The number of thiol groups is 1. The smallest absolute Gasteiger partial charge is 0.00803 e. The molecule has 0 spiro atoms. The highest BCUT2D eigenvalue weighted by molar-refractivity contribution is 7.80. The van der Waals surface area contributed by atoms with Gasteiger partial charge in [0.15, 0.2) is 0 Å². The molecule has 0 heterocycles. The summed E-state index contributed by atoms with van der Waals surface area (Å²) in [4.78, 5) is 1.11. The van der Waals surface area contributed by atoms with E-state index in [1.54, 1.807) is 0 Å². The number of hydrogen-bond acceptors (Lipinski definition) is 1. The molecule has 1 rings (SSSR count). The molecule has 0 atom stereocenters. The SMILES string of the molecule is CC(C)(C)c1cccc(S)c1C(C)(C)C. The molecule has 0 amide bonds. The Morgan fingerprint density at radius 2 is 1.40 bits per heavy atom. The number of benzene rings is 1. The van der Waals surface area contributed by atoms with E-state index in [2.05, 4.69) is 72.4 Å². The third-order valence-corrected chi connectivity index (χ3v) is 2.97. The summed E-state index contributed by atoms with van der Waals surface area (Å²) in [6.07, 6.45) is 0. The first-order valence-electron chi connectivity index (χ1n) is 5.47. The molecule has 0 aromatic heterocycles. The highest BCUT2D eigenvalue weighted by atomic mass is 32.1. The molecule has 1 heteroatoms. The van der Waals surface area contributed by atoms with E-state index in [1.165, 1.54) is 11.1 Å². The lowest BCUT2D eigenvalue weighted by Crippen LogP contribution is -2.22. The fourth-order valence-electron chi connectivity index (χ4n) is 1.95. The zero-order chi connectivity index (χ0) is 11.9. The second-order valence-electron chi connectivity index (χ2n) is 6.20. The summed E-state index contributed by atoms with van der Waals surface area (Å²) in [5.74, 6) is 0. The van der Waals surface area contributed by atoms with Gasteiger partial charge in [0, 0.05) is 4.90 Å². The molecule has 0 aliphatic rings. The normalized spacial score (nSPS) is 13.0. The van der Waals surface area contributed by atoms with Crippen molar-refractivity contribution in [3.63, 3.8) is 0 Å². The summed E-state index contributed by atoms with van der Waals surface area (Å²) in [5.41, 5.74) is 3.12. The van der Waals surface area contributed by atoms with Crippen molar-refractivity contribution in [1.29, 1.82) is 0 Å². The molecule has 84 valence electrons. The molecule has 0 radical (unpaired) electrons. The van der Waals surface area contributed by atoms with Crippen molar-refractivity contribution in [2.75, 3.05) is 0 Å². The summed E-state index contributed by atoms with van der Waals surface area (Å²) >= 11 is 4.59. The standard InChI is InChI=1S/C14H22S/c1-13(2,3)10-8-7-9-11(15)12(10)14(4,5)6/h7-9,15H,1-6H3.